The van der Waals surface area contributed by atoms with Crippen molar-refractivity contribution in [1.82, 2.24) is 14.9 Å². The summed E-state index contributed by atoms with van der Waals surface area (Å²) in [5.41, 5.74) is 2.47. The zero-order valence-corrected chi connectivity index (χ0v) is 16.6. The Kier molecular flexibility index (Phi) is 5.61. The van der Waals surface area contributed by atoms with E-state index >= 15 is 0 Å². The second kappa shape index (κ2) is 8.65. The highest BCUT2D eigenvalue weighted by molar-refractivity contribution is 5.94. The molecule has 0 atom stereocenters. The van der Waals surface area contributed by atoms with E-state index in [0.29, 0.717) is 12.4 Å². The summed E-state index contributed by atoms with van der Waals surface area (Å²) < 4.78 is 6.99. The maximum Gasteiger partial charge on any atom is 0.287 e. The number of hydrogen-bond acceptors (Lipinski definition) is 4. The van der Waals surface area contributed by atoms with Crippen LogP contribution in [0.4, 0.5) is 5.69 Å². The predicted molar refractivity (Wildman–Crippen MR) is 114 cm³/mol. The summed E-state index contributed by atoms with van der Waals surface area (Å²) in [7, 11) is 0. The molecule has 2 aromatic heterocycles. The molecule has 2 amide bonds. The lowest BCUT2D eigenvalue weighted by molar-refractivity contribution is -0.119. The van der Waals surface area contributed by atoms with Gasteiger partial charge in [0.1, 0.15) is 12.4 Å². The van der Waals surface area contributed by atoms with Crippen LogP contribution >= 0.6 is 0 Å². The quantitative estimate of drug-likeness (QED) is 0.512. The summed E-state index contributed by atoms with van der Waals surface area (Å²) in [6.45, 7) is 2.80. The Balaban J connectivity index is 1.60. The largest absolute Gasteiger partial charge is 0.459 e. The molecule has 1 N–H and O–H groups in total. The number of carbonyl (C=O) groups excluding carboxylic acids is 2. The van der Waals surface area contributed by atoms with E-state index in [2.05, 4.69) is 10.3 Å². The summed E-state index contributed by atoms with van der Waals surface area (Å²) in [4.78, 5) is 31.7. The van der Waals surface area contributed by atoms with Crippen LogP contribution in [0.3, 0.4) is 0 Å². The lowest BCUT2D eigenvalue weighted by atomic mass is 10.2. The number of fused-ring (bicyclic) bond motifs is 1. The molecule has 0 spiro atoms. The molecule has 7 heteroatoms. The second-order valence-electron chi connectivity index (χ2n) is 6.74. The lowest BCUT2D eigenvalue weighted by Crippen LogP contribution is -2.34. The minimum atomic E-state index is -0.329. The number of benzene rings is 2. The van der Waals surface area contributed by atoms with Crippen LogP contribution in [0, 0.1) is 0 Å². The molecule has 7 nitrogen and oxygen atoms in total. The lowest BCUT2D eigenvalue weighted by Gasteiger charge is -2.22. The standard InChI is InChI=1S/C23H22N4O3/c1-2-26(17-9-4-3-5-10-17)22(28)16-27-19-12-7-6-11-18(19)25-21(27)15-24-23(29)20-13-8-14-30-20/h3-14H,2,15-16H2,1H3,(H,24,29). The van der Waals surface area contributed by atoms with Gasteiger partial charge in [-0.3, -0.25) is 9.59 Å². The van der Waals surface area contributed by atoms with Crippen molar-refractivity contribution >= 4 is 28.5 Å². The van der Waals surface area contributed by atoms with Gasteiger partial charge in [0.05, 0.1) is 23.8 Å². The van der Waals surface area contributed by atoms with Gasteiger partial charge in [0.2, 0.25) is 5.91 Å². The van der Waals surface area contributed by atoms with E-state index in [-0.39, 0.29) is 30.7 Å². The van der Waals surface area contributed by atoms with Crippen LogP contribution in [0.5, 0.6) is 0 Å². The van der Waals surface area contributed by atoms with Gasteiger partial charge in [-0.2, -0.15) is 0 Å². The average molecular weight is 402 g/mol. The predicted octanol–water partition coefficient (Wildman–Crippen LogP) is 3.61. The Bertz CT molecular complexity index is 1150. The Morgan fingerprint density at radius 3 is 2.53 bits per heavy atom. The molecule has 0 bridgehead atoms. The normalized spacial score (nSPS) is 10.8. The van der Waals surface area contributed by atoms with Crippen molar-refractivity contribution in [2.75, 3.05) is 11.4 Å². The van der Waals surface area contributed by atoms with Crippen molar-refractivity contribution < 1.29 is 14.0 Å². The SMILES string of the molecule is CCN(C(=O)Cn1c(CNC(=O)c2ccco2)nc2ccccc21)c1ccccc1. The Morgan fingerprint density at radius 2 is 1.80 bits per heavy atom. The number of carbonyl (C=O) groups is 2. The highest BCUT2D eigenvalue weighted by atomic mass is 16.3. The molecular formula is C23H22N4O3. The van der Waals surface area contributed by atoms with Gasteiger partial charge in [-0.25, -0.2) is 4.98 Å². The van der Waals surface area contributed by atoms with Crippen molar-refractivity contribution in [3.8, 4) is 0 Å². The topological polar surface area (TPSA) is 80.4 Å². The summed E-state index contributed by atoms with van der Waals surface area (Å²) in [5.74, 6) is 0.457. The minimum Gasteiger partial charge on any atom is -0.459 e. The number of likely N-dealkylation sites (N-methyl/N-ethyl adjacent to an activating group) is 1. The molecule has 4 rings (SSSR count). The van der Waals surface area contributed by atoms with E-state index in [0.717, 1.165) is 16.7 Å². The van der Waals surface area contributed by atoms with E-state index in [1.807, 2.05) is 66.1 Å². The average Bonchev–Trinajstić information content (AvgIpc) is 3.42. The highest BCUT2D eigenvalue weighted by Gasteiger charge is 2.19. The van der Waals surface area contributed by atoms with E-state index in [4.69, 9.17) is 4.42 Å². The fourth-order valence-corrected chi connectivity index (χ4v) is 3.42. The van der Waals surface area contributed by atoms with Gasteiger partial charge >= 0.3 is 0 Å². The molecule has 30 heavy (non-hydrogen) atoms. The van der Waals surface area contributed by atoms with Gasteiger partial charge in [-0.05, 0) is 43.3 Å². The van der Waals surface area contributed by atoms with E-state index in [1.165, 1.54) is 6.26 Å². The van der Waals surface area contributed by atoms with Crippen LogP contribution in [0.2, 0.25) is 0 Å². The van der Waals surface area contributed by atoms with Gasteiger partial charge in [0.25, 0.3) is 5.91 Å². The fraction of sp³-hybridized carbons (Fsp3) is 0.174. The van der Waals surface area contributed by atoms with Crippen molar-refractivity contribution in [2.24, 2.45) is 0 Å². The van der Waals surface area contributed by atoms with E-state index < -0.39 is 0 Å². The molecule has 0 saturated carbocycles. The third-order valence-corrected chi connectivity index (χ3v) is 4.86. The van der Waals surface area contributed by atoms with Crippen molar-refractivity contribution in [3.63, 3.8) is 0 Å². The number of nitrogens with one attached hydrogen (secondary N) is 1. The summed E-state index contributed by atoms with van der Waals surface area (Å²) in [6, 6.07) is 20.4. The van der Waals surface area contributed by atoms with Crippen LogP contribution in [0.15, 0.2) is 77.4 Å². The van der Waals surface area contributed by atoms with Crippen molar-refractivity contribution in [1.29, 1.82) is 0 Å². The molecule has 2 heterocycles. The summed E-state index contributed by atoms with van der Waals surface area (Å²) in [5, 5.41) is 2.81. The summed E-state index contributed by atoms with van der Waals surface area (Å²) >= 11 is 0. The van der Waals surface area contributed by atoms with Gasteiger partial charge in [0.15, 0.2) is 5.76 Å². The first kappa shape index (κ1) is 19.4. The number of imidazole rings is 1. The molecule has 0 aliphatic rings. The second-order valence-corrected chi connectivity index (χ2v) is 6.74. The smallest absolute Gasteiger partial charge is 0.287 e. The first-order chi connectivity index (χ1) is 14.7. The molecule has 2 aromatic carbocycles. The number of nitrogens with zero attached hydrogens (tertiary/aromatic N) is 3. The highest BCUT2D eigenvalue weighted by Crippen LogP contribution is 2.19. The Hall–Kier alpha value is -3.87. The zero-order chi connectivity index (χ0) is 20.9. The van der Waals surface area contributed by atoms with E-state index in [1.54, 1.807) is 17.0 Å². The molecule has 0 unspecified atom stereocenters. The molecule has 152 valence electrons. The van der Waals surface area contributed by atoms with Crippen LogP contribution in [0.25, 0.3) is 11.0 Å². The first-order valence-electron chi connectivity index (χ1n) is 9.78. The molecular weight excluding hydrogens is 380 g/mol. The molecule has 0 aliphatic heterocycles. The number of rotatable bonds is 7. The number of anilines is 1. The fourth-order valence-electron chi connectivity index (χ4n) is 3.42. The molecule has 4 aromatic rings. The monoisotopic (exact) mass is 402 g/mol. The number of furan rings is 1. The summed E-state index contributed by atoms with van der Waals surface area (Å²) in [6.07, 6.45) is 1.45. The molecule has 0 aliphatic carbocycles. The van der Waals surface area contributed by atoms with Crippen molar-refractivity contribution in [3.05, 3.63) is 84.6 Å². The Morgan fingerprint density at radius 1 is 1.03 bits per heavy atom. The maximum absolute atomic E-state index is 13.1. The third-order valence-electron chi connectivity index (χ3n) is 4.86. The van der Waals surface area contributed by atoms with Crippen LogP contribution in [-0.4, -0.2) is 27.9 Å². The van der Waals surface area contributed by atoms with Gasteiger partial charge in [-0.1, -0.05) is 30.3 Å². The van der Waals surface area contributed by atoms with Gasteiger partial charge in [0, 0.05) is 12.2 Å². The first-order valence-corrected chi connectivity index (χ1v) is 9.78. The van der Waals surface area contributed by atoms with Gasteiger partial charge in [-0.15, -0.1) is 0 Å². The van der Waals surface area contributed by atoms with Crippen LogP contribution in [-0.2, 0) is 17.9 Å². The van der Waals surface area contributed by atoms with Gasteiger partial charge < -0.3 is 19.2 Å². The molecule has 0 saturated heterocycles. The Labute approximate surface area is 173 Å². The number of amides is 2. The number of para-hydroxylation sites is 3. The van der Waals surface area contributed by atoms with Crippen molar-refractivity contribution in [2.45, 2.75) is 20.0 Å². The maximum atomic E-state index is 13.1. The van der Waals surface area contributed by atoms with E-state index in [9.17, 15) is 9.59 Å². The number of aromatic nitrogens is 2. The molecule has 0 fully saturated rings. The zero-order valence-electron chi connectivity index (χ0n) is 16.6. The molecule has 0 radical (unpaired) electrons. The third kappa shape index (κ3) is 3.96. The van der Waals surface area contributed by atoms with Crippen LogP contribution < -0.4 is 10.2 Å². The van der Waals surface area contributed by atoms with Crippen LogP contribution in [0.1, 0.15) is 23.3 Å². The number of hydrogen-bond donors (Lipinski definition) is 1. The minimum absolute atomic E-state index is 0.0505.